The summed E-state index contributed by atoms with van der Waals surface area (Å²) in [5, 5.41) is 86.1. The van der Waals surface area contributed by atoms with Gasteiger partial charge in [-0.15, -0.1) is 0 Å². The molecule has 10 aromatic heterocycles. The average molecular weight is 1380 g/mol. The number of carboxylic acids is 10. The third-order valence-electron chi connectivity index (χ3n) is 11.0. The number of hydrogen-bond donors (Lipinski definition) is 10. The molecule has 0 amide bonds. The normalized spacial score (nSPS) is 9.34. The molecule has 10 heterocycles. The molecule has 0 atom stereocenters. The van der Waals surface area contributed by atoms with Crippen LogP contribution in [0.4, 0.5) is 0 Å². The van der Waals surface area contributed by atoms with E-state index in [-0.39, 0.29) is 57.1 Å². The number of aromatic nitrogens is 15. The second-order valence-electron chi connectivity index (χ2n) is 18.3. The van der Waals surface area contributed by atoms with E-state index in [9.17, 15) is 47.9 Å². The number of fused-ring (bicyclic) bond motifs is 2. The number of nitrogens with zero attached hydrogens (tertiary/aromatic N) is 15. The number of hydrogen-bond acceptors (Lipinski definition) is 25. The Bertz CT molecular complexity index is 4340. The van der Waals surface area contributed by atoms with Crippen LogP contribution in [0.1, 0.15) is 122 Å². The monoisotopic (exact) mass is 1380 g/mol. The number of pyridine rings is 6. The fourth-order valence-corrected chi connectivity index (χ4v) is 6.56. The second kappa shape index (κ2) is 43.7. The van der Waals surface area contributed by atoms with Gasteiger partial charge in [-0.2, -0.15) is 0 Å². The lowest BCUT2D eigenvalue weighted by Crippen LogP contribution is -2.02. The SMILES string of the molecule is Cc1cccc(C(=O)O)n1.Cc1cccnc1C(=O)O.Cc1ccnc(C(=O)O)c1.O=C(O)c1ccc2ccccc2n1.O=C(O)c1cccc2cccnc12.O=C(O)c1ccccn1.O=C(O)c1ccncn1.O=C(O)c1cnccn1.O=C(O)c1ncccn1.O=C(O)c1ncncn1. The lowest BCUT2D eigenvalue weighted by atomic mass is 10.1. The summed E-state index contributed by atoms with van der Waals surface area (Å²) in [7, 11) is 0. The van der Waals surface area contributed by atoms with Crippen molar-refractivity contribution in [2.75, 3.05) is 0 Å². The Morgan fingerprint density at radius 3 is 1.28 bits per heavy atom. The van der Waals surface area contributed by atoms with Crippen molar-refractivity contribution < 1.29 is 99.0 Å². The van der Waals surface area contributed by atoms with Crippen LogP contribution >= 0.6 is 0 Å². The maximum atomic E-state index is 10.8. The van der Waals surface area contributed by atoms with Gasteiger partial charge in [-0.05, 0) is 111 Å². The van der Waals surface area contributed by atoms with Gasteiger partial charge in [0, 0.05) is 72.2 Å². The summed E-state index contributed by atoms with van der Waals surface area (Å²) in [5.74, 6) is -10.6. The Labute approximate surface area is 568 Å². The van der Waals surface area contributed by atoms with Crippen LogP contribution in [0.3, 0.4) is 0 Å². The van der Waals surface area contributed by atoms with Crippen LogP contribution in [-0.2, 0) is 0 Å². The van der Waals surface area contributed by atoms with Crippen LogP contribution in [0, 0.1) is 20.8 Å². The highest BCUT2D eigenvalue weighted by Gasteiger charge is 2.10. The summed E-state index contributed by atoms with van der Waals surface area (Å²) in [6.45, 7) is 5.30. The van der Waals surface area contributed by atoms with Gasteiger partial charge in [0.2, 0.25) is 11.6 Å². The molecular formula is C66H55N15O20. The quantitative estimate of drug-likeness (QED) is 0.0619. The Balaban J connectivity index is 0.000000293. The highest BCUT2D eigenvalue weighted by molar-refractivity contribution is 6.01. The van der Waals surface area contributed by atoms with E-state index < -0.39 is 59.7 Å². The first-order valence-electron chi connectivity index (χ1n) is 27.8. The molecule has 0 aliphatic carbocycles. The first-order chi connectivity index (χ1) is 48.2. The molecule has 0 unspecified atom stereocenters. The van der Waals surface area contributed by atoms with Crippen molar-refractivity contribution in [2.24, 2.45) is 0 Å². The number of carbonyl (C=O) groups is 10. The van der Waals surface area contributed by atoms with Gasteiger partial charge >= 0.3 is 59.7 Å². The standard InChI is InChI=1S/2C10H7NO2.3C7H7NO2.C6H5NO2.3C5H4N2O2.C4H3N3O2/c12-10(13)8-5-1-3-7-4-2-6-11-9(7)8;12-10(13)9-6-5-7-3-1-2-4-8(7)11-9;1-5-2-3-8-6(4-5)7(9)10;1-5-3-2-4-8-6(5)7(9)10;1-5-3-2-4-6(8-5)7(9)10;8-6(9)5-3-1-2-4-7-5;8-5(9)4-3-6-1-2-7-4;8-5(9)4-1-2-6-3-7-4;8-5(9)4-6-2-1-3-7-4;8-4(9)3-6-1-5-2-7-3/h2*1-6H,(H,12,13);3*2-4H,1H3,(H,9,10);1-4H,(H,8,9);3*1-3H,(H,8,9);1-2H,(H,8,9). The first-order valence-corrected chi connectivity index (χ1v) is 27.8. The largest absolute Gasteiger partial charge is 0.478 e. The maximum absolute atomic E-state index is 10.8. The zero-order valence-corrected chi connectivity index (χ0v) is 52.5. The van der Waals surface area contributed by atoms with Crippen molar-refractivity contribution in [3.8, 4) is 0 Å². The van der Waals surface area contributed by atoms with Crippen molar-refractivity contribution in [3.05, 3.63) is 294 Å². The van der Waals surface area contributed by atoms with Gasteiger partial charge in [-0.3, -0.25) is 9.97 Å². The molecule has 35 heteroatoms. The first kappa shape index (κ1) is 80.0. The molecule has 514 valence electrons. The molecule has 12 rings (SSSR count). The highest BCUT2D eigenvalue weighted by Crippen LogP contribution is 2.16. The van der Waals surface area contributed by atoms with Gasteiger partial charge < -0.3 is 51.1 Å². The number of aryl methyl sites for hydroxylation is 3. The Morgan fingerprint density at radius 2 is 0.812 bits per heavy atom. The molecule has 0 spiro atoms. The van der Waals surface area contributed by atoms with Crippen molar-refractivity contribution in [1.82, 2.24) is 74.8 Å². The number of aromatic carboxylic acids is 10. The average Bonchev–Trinajstić information content (AvgIpc) is 0.837. The van der Waals surface area contributed by atoms with E-state index in [0.29, 0.717) is 16.6 Å². The van der Waals surface area contributed by atoms with Crippen molar-refractivity contribution in [1.29, 1.82) is 0 Å². The zero-order valence-electron chi connectivity index (χ0n) is 52.5. The molecule has 0 aliphatic heterocycles. The molecule has 12 aromatic rings. The third kappa shape index (κ3) is 31.1. The van der Waals surface area contributed by atoms with Crippen molar-refractivity contribution in [2.45, 2.75) is 20.8 Å². The molecule has 0 saturated carbocycles. The van der Waals surface area contributed by atoms with Gasteiger partial charge in [-0.25, -0.2) is 113 Å². The van der Waals surface area contributed by atoms with E-state index in [2.05, 4.69) is 74.8 Å². The van der Waals surface area contributed by atoms with Crippen molar-refractivity contribution in [3.63, 3.8) is 0 Å². The van der Waals surface area contributed by atoms with Crippen LogP contribution in [-0.4, -0.2) is 186 Å². The van der Waals surface area contributed by atoms with Crippen LogP contribution in [0.25, 0.3) is 21.8 Å². The Morgan fingerprint density at radius 1 is 0.297 bits per heavy atom. The maximum Gasteiger partial charge on any atom is 0.374 e. The second-order valence-corrected chi connectivity index (χ2v) is 18.3. The summed E-state index contributed by atoms with van der Waals surface area (Å²) in [6.07, 6.45) is 17.6. The topological polar surface area (TPSA) is 566 Å². The summed E-state index contributed by atoms with van der Waals surface area (Å²) >= 11 is 0. The molecule has 2 aromatic carbocycles. The van der Waals surface area contributed by atoms with E-state index in [1.165, 1.54) is 92.4 Å². The van der Waals surface area contributed by atoms with Gasteiger partial charge in [0.05, 0.1) is 22.8 Å². The number of para-hydroxylation sites is 2. The molecule has 10 N–H and O–H groups in total. The highest BCUT2D eigenvalue weighted by atomic mass is 16.4. The van der Waals surface area contributed by atoms with Gasteiger partial charge in [-0.1, -0.05) is 60.7 Å². The molecular weight excluding hydrogens is 1320 g/mol. The van der Waals surface area contributed by atoms with Crippen LogP contribution in [0.15, 0.2) is 220 Å². The summed E-state index contributed by atoms with van der Waals surface area (Å²) in [4.78, 5) is 157. The van der Waals surface area contributed by atoms with Crippen LogP contribution < -0.4 is 0 Å². The molecule has 0 aliphatic rings. The van der Waals surface area contributed by atoms with E-state index >= 15 is 0 Å². The summed E-state index contributed by atoms with van der Waals surface area (Å²) < 4.78 is 0. The predicted molar refractivity (Wildman–Crippen MR) is 350 cm³/mol. The molecule has 0 fully saturated rings. The number of carboxylic acid groups (broad SMARTS) is 10. The fraction of sp³-hybridized carbons (Fsp3) is 0.0455. The molecule has 0 radical (unpaired) electrons. The fourth-order valence-electron chi connectivity index (χ4n) is 6.56. The minimum absolute atomic E-state index is 0.0185. The lowest BCUT2D eigenvalue weighted by molar-refractivity contribution is 0.0672. The zero-order chi connectivity index (χ0) is 74.7. The minimum atomic E-state index is -1.14. The molecule has 101 heavy (non-hydrogen) atoms. The van der Waals surface area contributed by atoms with E-state index in [1.807, 2.05) is 37.3 Å². The molecule has 0 bridgehead atoms. The van der Waals surface area contributed by atoms with Crippen LogP contribution in [0.5, 0.6) is 0 Å². The lowest BCUT2D eigenvalue weighted by Gasteiger charge is -1.99. The van der Waals surface area contributed by atoms with E-state index in [0.717, 1.165) is 34.7 Å². The van der Waals surface area contributed by atoms with Crippen molar-refractivity contribution >= 4 is 81.5 Å². The number of benzene rings is 2. The van der Waals surface area contributed by atoms with Gasteiger partial charge in [0.15, 0.2) is 17.1 Å². The number of rotatable bonds is 10. The minimum Gasteiger partial charge on any atom is -0.478 e. The smallest absolute Gasteiger partial charge is 0.374 e. The summed E-state index contributed by atoms with van der Waals surface area (Å²) in [6, 6.07) is 38.7. The van der Waals surface area contributed by atoms with E-state index in [4.69, 9.17) is 51.1 Å². The molecule has 35 nitrogen and oxygen atoms in total. The van der Waals surface area contributed by atoms with Gasteiger partial charge in [0.25, 0.3) is 0 Å². The summed E-state index contributed by atoms with van der Waals surface area (Å²) in [5.41, 5.74) is 4.29. The van der Waals surface area contributed by atoms with Crippen LogP contribution in [0.2, 0.25) is 0 Å². The Kier molecular flexibility index (Phi) is 34.6. The third-order valence-corrected chi connectivity index (χ3v) is 11.0. The van der Waals surface area contributed by atoms with Gasteiger partial charge in [0.1, 0.15) is 41.8 Å². The Hall–Kier alpha value is -15.2. The van der Waals surface area contributed by atoms with E-state index in [1.54, 1.807) is 98.9 Å². The predicted octanol–water partition coefficient (Wildman–Crippen LogP) is 8.00. The molecule has 0 saturated heterocycles.